The molecule has 0 aliphatic heterocycles. The second-order valence-electron chi connectivity index (χ2n) is 11.4. The monoisotopic (exact) mass is 500 g/mol. The van der Waals surface area contributed by atoms with E-state index in [2.05, 4.69) is 47.0 Å². The predicted molar refractivity (Wildman–Crippen MR) is 151 cm³/mol. The summed E-state index contributed by atoms with van der Waals surface area (Å²) < 4.78 is 7.16. The quantitative estimate of drug-likeness (QED) is 0.256. The van der Waals surface area contributed by atoms with Gasteiger partial charge < -0.3 is 14.6 Å². The SMILES string of the molecule is CCC(O[Si](C)(C)[C@](C)(CC)CCCc1ccccc1O)[Si](C)(C)CCCc1ccccc1O. The molecule has 0 radical (unpaired) electrons. The second-order valence-corrected chi connectivity index (χ2v) is 21.0. The van der Waals surface area contributed by atoms with Crippen LogP contribution in [0.1, 0.15) is 64.0 Å². The van der Waals surface area contributed by atoms with Gasteiger partial charge in [0.15, 0.2) is 8.32 Å². The van der Waals surface area contributed by atoms with Gasteiger partial charge in [-0.1, -0.05) is 89.1 Å². The average Bonchev–Trinajstić information content (AvgIpc) is 2.79. The molecule has 1 unspecified atom stereocenters. The number of hydrogen-bond donors (Lipinski definition) is 2. The standard InChI is InChI=1S/C29H48O3Si2/c1-8-28(33(4,5)23-15-19-25-17-11-13-21-27(25)31)32-34(6,7)29(3,9-2)22-14-18-24-16-10-12-20-26(24)30/h10-13,16-17,20-21,28,30-31H,8-9,14-15,18-19,22-23H2,1-7H3/t28?,29-/m1/s1. The summed E-state index contributed by atoms with van der Waals surface area (Å²) in [5, 5.41) is 20.4. The van der Waals surface area contributed by atoms with Gasteiger partial charge in [0.05, 0.1) is 8.07 Å². The summed E-state index contributed by atoms with van der Waals surface area (Å²) in [6.45, 7) is 16.8. The predicted octanol–water partition coefficient (Wildman–Crippen LogP) is 8.47. The lowest BCUT2D eigenvalue weighted by molar-refractivity contribution is 0.227. The van der Waals surface area contributed by atoms with Crippen LogP contribution in [0.3, 0.4) is 0 Å². The molecule has 0 aliphatic carbocycles. The van der Waals surface area contributed by atoms with Crippen molar-refractivity contribution in [2.24, 2.45) is 0 Å². The first-order chi connectivity index (χ1) is 16.0. The lowest BCUT2D eigenvalue weighted by Gasteiger charge is -2.47. The van der Waals surface area contributed by atoms with Crippen molar-refractivity contribution < 1.29 is 14.6 Å². The van der Waals surface area contributed by atoms with E-state index in [1.807, 2.05) is 36.4 Å². The largest absolute Gasteiger partial charge is 0.508 e. The van der Waals surface area contributed by atoms with Gasteiger partial charge in [0.2, 0.25) is 0 Å². The fraction of sp³-hybridized carbons (Fsp3) is 0.586. The van der Waals surface area contributed by atoms with Gasteiger partial charge in [0.1, 0.15) is 11.5 Å². The lowest BCUT2D eigenvalue weighted by atomic mass is 9.97. The Kier molecular flexibility index (Phi) is 10.5. The Morgan fingerprint density at radius 3 is 1.79 bits per heavy atom. The molecule has 0 heterocycles. The van der Waals surface area contributed by atoms with Crippen molar-refractivity contribution in [2.45, 2.75) is 109 Å². The van der Waals surface area contributed by atoms with Crippen molar-refractivity contribution in [1.82, 2.24) is 0 Å². The van der Waals surface area contributed by atoms with Gasteiger partial charge in [-0.2, -0.15) is 0 Å². The Balaban J connectivity index is 2.00. The fourth-order valence-electron chi connectivity index (χ4n) is 5.21. The molecule has 2 N–H and O–H groups in total. The van der Waals surface area contributed by atoms with Crippen LogP contribution in [-0.2, 0) is 17.3 Å². The number of aryl methyl sites for hydroxylation is 2. The third-order valence-electron chi connectivity index (χ3n) is 8.34. The molecule has 2 aromatic carbocycles. The molecular formula is C29H48O3Si2. The van der Waals surface area contributed by atoms with Crippen molar-refractivity contribution in [3.63, 3.8) is 0 Å². The molecule has 0 spiro atoms. The van der Waals surface area contributed by atoms with Crippen molar-refractivity contribution in [3.8, 4) is 11.5 Å². The van der Waals surface area contributed by atoms with Crippen molar-refractivity contribution in [2.75, 3.05) is 0 Å². The van der Waals surface area contributed by atoms with Crippen LogP contribution < -0.4 is 0 Å². The van der Waals surface area contributed by atoms with Crippen LogP contribution in [0.25, 0.3) is 0 Å². The van der Waals surface area contributed by atoms with Crippen LogP contribution in [-0.4, -0.2) is 32.3 Å². The van der Waals surface area contributed by atoms with Crippen LogP contribution in [0, 0.1) is 0 Å². The normalized spacial score (nSPS) is 15.1. The smallest absolute Gasteiger partial charge is 0.192 e. The Morgan fingerprint density at radius 2 is 1.32 bits per heavy atom. The van der Waals surface area contributed by atoms with Crippen molar-refractivity contribution >= 4 is 16.4 Å². The van der Waals surface area contributed by atoms with Gasteiger partial charge in [-0.05, 0) is 73.5 Å². The number of para-hydroxylation sites is 2. The molecule has 0 amide bonds. The van der Waals surface area contributed by atoms with E-state index in [9.17, 15) is 10.2 Å². The minimum absolute atomic E-state index is 0.200. The molecule has 0 aromatic heterocycles. The number of benzene rings is 2. The Bertz CT molecular complexity index is 896. The van der Waals surface area contributed by atoms with E-state index in [-0.39, 0.29) is 5.04 Å². The molecular weight excluding hydrogens is 452 g/mol. The lowest BCUT2D eigenvalue weighted by Crippen LogP contribution is -2.53. The summed E-state index contributed by atoms with van der Waals surface area (Å²) >= 11 is 0. The maximum absolute atomic E-state index is 10.1. The minimum atomic E-state index is -1.98. The van der Waals surface area contributed by atoms with E-state index in [0.717, 1.165) is 56.1 Å². The summed E-state index contributed by atoms with van der Waals surface area (Å²) in [5.41, 5.74) is 2.47. The van der Waals surface area contributed by atoms with E-state index in [0.29, 0.717) is 17.2 Å². The van der Waals surface area contributed by atoms with Gasteiger partial charge in [-0.3, -0.25) is 0 Å². The Morgan fingerprint density at radius 1 is 0.824 bits per heavy atom. The molecule has 0 saturated carbocycles. The Labute approximate surface area is 210 Å². The van der Waals surface area contributed by atoms with Crippen molar-refractivity contribution in [1.29, 1.82) is 0 Å². The second kappa shape index (κ2) is 12.4. The maximum atomic E-state index is 10.1. The molecule has 0 aliphatic rings. The first kappa shape index (κ1) is 28.7. The van der Waals surface area contributed by atoms with E-state index in [4.69, 9.17) is 4.43 Å². The molecule has 2 aromatic rings. The van der Waals surface area contributed by atoms with Gasteiger partial charge in [0.25, 0.3) is 0 Å². The highest BCUT2D eigenvalue weighted by molar-refractivity contribution is 6.81. The van der Waals surface area contributed by atoms with Gasteiger partial charge in [0, 0.05) is 5.73 Å². The summed E-state index contributed by atoms with van der Waals surface area (Å²) in [5.74, 6) is 0.831. The zero-order valence-electron chi connectivity index (χ0n) is 22.7. The fourth-order valence-corrected chi connectivity index (χ4v) is 12.7. The summed E-state index contributed by atoms with van der Waals surface area (Å²) in [6.07, 6.45) is 7.34. The summed E-state index contributed by atoms with van der Waals surface area (Å²) in [6, 6.07) is 16.6. The summed E-state index contributed by atoms with van der Waals surface area (Å²) in [7, 11) is -3.58. The van der Waals surface area contributed by atoms with E-state index in [1.54, 1.807) is 12.1 Å². The molecule has 0 bridgehead atoms. The van der Waals surface area contributed by atoms with E-state index >= 15 is 0 Å². The maximum Gasteiger partial charge on any atom is 0.192 e. The van der Waals surface area contributed by atoms with Gasteiger partial charge >= 0.3 is 0 Å². The van der Waals surface area contributed by atoms with Crippen LogP contribution in [0.15, 0.2) is 48.5 Å². The highest BCUT2D eigenvalue weighted by Gasteiger charge is 2.46. The number of rotatable bonds is 14. The van der Waals surface area contributed by atoms with E-state index in [1.165, 1.54) is 6.04 Å². The zero-order valence-corrected chi connectivity index (χ0v) is 24.7. The highest BCUT2D eigenvalue weighted by atomic mass is 28.4. The third-order valence-corrected chi connectivity index (χ3v) is 16.9. The zero-order chi connectivity index (χ0) is 25.4. The van der Waals surface area contributed by atoms with Crippen LogP contribution in [0.4, 0.5) is 0 Å². The molecule has 2 rings (SSSR count). The average molecular weight is 501 g/mol. The highest BCUT2D eigenvalue weighted by Crippen LogP contribution is 2.47. The first-order valence-corrected chi connectivity index (χ1v) is 19.4. The minimum Gasteiger partial charge on any atom is -0.508 e. The molecule has 5 heteroatoms. The number of phenols is 2. The first-order valence-electron chi connectivity index (χ1n) is 13.2. The van der Waals surface area contributed by atoms with Crippen LogP contribution in [0.2, 0.25) is 37.3 Å². The number of phenolic OH excluding ortho intramolecular Hbond substituents is 2. The molecule has 0 saturated heterocycles. The van der Waals surface area contributed by atoms with Crippen LogP contribution in [0.5, 0.6) is 11.5 Å². The molecule has 3 nitrogen and oxygen atoms in total. The number of hydrogen-bond acceptors (Lipinski definition) is 3. The number of aromatic hydroxyl groups is 2. The van der Waals surface area contributed by atoms with Gasteiger partial charge in [-0.25, -0.2) is 0 Å². The Hall–Kier alpha value is -1.57. The molecule has 34 heavy (non-hydrogen) atoms. The third kappa shape index (κ3) is 7.46. The van der Waals surface area contributed by atoms with E-state index < -0.39 is 16.4 Å². The topological polar surface area (TPSA) is 49.7 Å². The molecule has 0 fully saturated rings. The summed E-state index contributed by atoms with van der Waals surface area (Å²) in [4.78, 5) is 0. The van der Waals surface area contributed by atoms with Crippen LogP contribution >= 0.6 is 0 Å². The van der Waals surface area contributed by atoms with Gasteiger partial charge in [-0.15, -0.1) is 0 Å². The van der Waals surface area contributed by atoms with Crippen molar-refractivity contribution in [3.05, 3.63) is 59.7 Å². The molecule has 2 atom stereocenters. The molecule has 190 valence electrons.